The fraction of sp³-hybridized carbons (Fsp3) is 0.100. The van der Waals surface area contributed by atoms with Crippen molar-refractivity contribution in [2.24, 2.45) is 0 Å². The molecule has 128 valence electrons. The molecule has 0 radical (unpaired) electrons. The Hall–Kier alpha value is -1.68. The van der Waals surface area contributed by atoms with Crippen LogP contribution in [0.25, 0.3) is 0 Å². The van der Waals surface area contributed by atoms with Crippen LogP contribution in [0.1, 0.15) is 11.1 Å². The first-order valence-electron chi connectivity index (χ1n) is 7.75. The van der Waals surface area contributed by atoms with E-state index in [0.29, 0.717) is 23.2 Å². The van der Waals surface area contributed by atoms with Crippen molar-refractivity contribution in [2.45, 2.75) is 13.2 Å². The van der Waals surface area contributed by atoms with E-state index in [1.165, 1.54) is 0 Å². The fourth-order valence-electron chi connectivity index (χ4n) is 2.32. The Balaban J connectivity index is 1.60. The normalized spacial score (nSPS) is 10.5. The third-order valence-corrected chi connectivity index (χ3v) is 4.71. The largest absolute Gasteiger partial charge is 0.489 e. The smallest absolute Gasteiger partial charge is 0.120 e. The molecular weight excluding hydrogens is 421 g/mol. The summed E-state index contributed by atoms with van der Waals surface area (Å²) < 4.78 is 6.94. The number of hydrogen-bond donors (Lipinski definition) is 1. The molecule has 3 rings (SSSR count). The molecule has 0 amide bonds. The van der Waals surface area contributed by atoms with E-state index < -0.39 is 0 Å². The summed E-state index contributed by atoms with van der Waals surface area (Å²) in [6, 6.07) is 21.5. The van der Waals surface area contributed by atoms with E-state index in [2.05, 4.69) is 21.2 Å². The minimum atomic E-state index is 0.535. The molecule has 3 aromatic rings. The first kappa shape index (κ1) is 18.1. The van der Waals surface area contributed by atoms with Crippen LogP contribution in [0.4, 0.5) is 5.69 Å². The van der Waals surface area contributed by atoms with Crippen LogP contribution in [0.3, 0.4) is 0 Å². The molecule has 0 heterocycles. The minimum absolute atomic E-state index is 0.535. The van der Waals surface area contributed by atoms with Crippen molar-refractivity contribution in [1.82, 2.24) is 0 Å². The molecular formula is C20H16BrCl2NO. The Kier molecular flexibility index (Phi) is 6.24. The standard InChI is InChI=1S/C20H16BrCl2NO/c21-16-6-4-14(5-7-16)13-25-18-3-1-2-15(10-18)12-24-20-9-8-17(22)11-19(20)23/h1-11,24H,12-13H2. The summed E-state index contributed by atoms with van der Waals surface area (Å²) in [6.07, 6.45) is 0. The summed E-state index contributed by atoms with van der Waals surface area (Å²) in [5, 5.41) is 4.54. The Morgan fingerprint density at radius 1 is 0.880 bits per heavy atom. The topological polar surface area (TPSA) is 21.3 Å². The molecule has 0 bridgehead atoms. The number of hydrogen-bond acceptors (Lipinski definition) is 2. The van der Waals surface area contributed by atoms with Crippen LogP contribution in [-0.2, 0) is 13.2 Å². The van der Waals surface area contributed by atoms with E-state index in [4.69, 9.17) is 27.9 Å². The Morgan fingerprint density at radius 3 is 2.44 bits per heavy atom. The van der Waals surface area contributed by atoms with Crippen LogP contribution in [0.2, 0.25) is 10.0 Å². The van der Waals surface area contributed by atoms with Crippen molar-refractivity contribution < 1.29 is 4.74 Å². The van der Waals surface area contributed by atoms with E-state index in [1.54, 1.807) is 6.07 Å². The van der Waals surface area contributed by atoms with Gasteiger partial charge in [0.25, 0.3) is 0 Å². The van der Waals surface area contributed by atoms with Crippen molar-refractivity contribution in [1.29, 1.82) is 0 Å². The molecule has 0 aliphatic carbocycles. The van der Waals surface area contributed by atoms with Gasteiger partial charge in [0.05, 0.1) is 10.7 Å². The van der Waals surface area contributed by atoms with Gasteiger partial charge in [-0.15, -0.1) is 0 Å². The molecule has 3 aromatic carbocycles. The molecule has 0 unspecified atom stereocenters. The lowest BCUT2D eigenvalue weighted by molar-refractivity contribution is 0.306. The van der Waals surface area contributed by atoms with Crippen molar-refractivity contribution in [3.05, 3.63) is 92.4 Å². The highest BCUT2D eigenvalue weighted by Crippen LogP contribution is 2.26. The highest BCUT2D eigenvalue weighted by molar-refractivity contribution is 9.10. The van der Waals surface area contributed by atoms with Gasteiger partial charge in [-0.2, -0.15) is 0 Å². The average molecular weight is 437 g/mol. The van der Waals surface area contributed by atoms with Gasteiger partial charge >= 0.3 is 0 Å². The van der Waals surface area contributed by atoms with Crippen molar-refractivity contribution >= 4 is 44.8 Å². The Labute approximate surface area is 165 Å². The molecule has 0 atom stereocenters. The minimum Gasteiger partial charge on any atom is -0.489 e. The molecule has 1 N–H and O–H groups in total. The van der Waals surface area contributed by atoms with E-state index >= 15 is 0 Å². The molecule has 5 heteroatoms. The zero-order chi connectivity index (χ0) is 17.6. The van der Waals surface area contributed by atoms with Crippen LogP contribution < -0.4 is 10.1 Å². The van der Waals surface area contributed by atoms with Gasteiger partial charge in [0.15, 0.2) is 0 Å². The quantitative estimate of drug-likeness (QED) is 0.451. The monoisotopic (exact) mass is 435 g/mol. The summed E-state index contributed by atoms with van der Waals surface area (Å²) in [6.45, 7) is 1.18. The van der Waals surface area contributed by atoms with Crippen molar-refractivity contribution in [3.8, 4) is 5.75 Å². The second kappa shape index (κ2) is 8.61. The fourth-order valence-corrected chi connectivity index (χ4v) is 3.06. The summed E-state index contributed by atoms with van der Waals surface area (Å²) in [7, 11) is 0. The molecule has 0 spiro atoms. The highest BCUT2D eigenvalue weighted by Gasteiger charge is 2.03. The maximum absolute atomic E-state index is 6.18. The first-order valence-corrected chi connectivity index (χ1v) is 9.30. The van der Waals surface area contributed by atoms with Gasteiger partial charge in [-0.05, 0) is 53.6 Å². The second-order valence-electron chi connectivity index (χ2n) is 5.54. The van der Waals surface area contributed by atoms with Gasteiger partial charge < -0.3 is 10.1 Å². The van der Waals surface area contributed by atoms with Gasteiger partial charge in [0.1, 0.15) is 12.4 Å². The van der Waals surface area contributed by atoms with E-state index in [9.17, 15) is 0 Å². The maximum Gasteiger partial charge on any atom is 0.120 e. The molecule has 2 nitrogen and oxygen atoms in total. The van der Waals surface area contributed by atoms with Gasteiger partial charge in [0.2, 0.25) is 0 Å². The van der Waals surface area contributed by atoms with Gasteiger partial charge in [0, 0.05) is 16.0 Å². The predicted octanol–water partition coefficient (Wildman–Crippen LogP) is 6.95. The molecule has 25 heavy (non-hydrogen) atoms. The number of rotatable bonds is 6. The SMILES string of the molecule is Clc1ccc(NCc2cccc(OCc3ccc(Br)cc3)c2)c(Cl)c1. The number of halogens is 3. The molecule has 0 aromatic heterocycles. The summed E-state index contributed by atoms with van der Waals surface area (Å²) in [5.74, 6) is 0.837. The molecule has 0 fully saturated rings. The zero-order valence-corrected chi connectivity index (χ0v) is 16.4. The van der Waals surface area contributed by atoms with Crippen LogP contribution in [0, 0.1) is 0 Å². The number of ether oxygens (including phenoxy) is 1. The van der Waals surface area contributed by atoms with Crippen molar-refractivity contribution in [3.63, 3.8) is 0 Å². The Morgan fingerprint density at radius 2 is 1.68 bits per heavy atom. The van der Waals surface area contributed by atoms with E-state index in [1.807, 2.05) is 60.7 Å². The number of anilines is 1. The highest BCUT2D eigenvalue weighted by atomic mass is 79.9. The lowest BCUT2D eigenvalue weighted by Crippen LogP contribution is -2.01. The van der Waals surface area contributed by atoms with Crippen LogP contribution >= 0.6 is 39.1 Å². The Bertz CT molecular complexity index is 853. The summed E-state index contributed by atoms with van der Waals surface area (Å²) >= 11 is 15.5. The molecule has 0 aliphatic rings. The van der Waals surface area contributed by atoms with Crippen LogP contribution in [0.15, 0.2) is 71.2 Å². The maximum atomic E-state index is 6.18. The molecule has 0 aliphatic heterocycles. The van der Waals surface area contributed by atoms with Gasteiger partial charge in [-0.1, -0.05) is 63.4 Å². The average Bonchev–Trinajstić information content (AvgIpc) is 2.61. The van der Waals surface area contributed by atoms with Crippen LogP contribution in [-0.4, -0.2) is 0 Å². The van der Waals surface area contributed by atoms with Gasteiger partial charge in [-0.3, -0.25) is 0 Å². The lowest BCUT2D eigenvalue weighted by Gasteiger charge is -2.11. The lowest BCUT2D eigenvalue weighted by atomic mass is 10.2. The number of nitrogens with one attached hydrogen (secondary N) is 1. The second-order valence-corrected chi connectivity index (χ2v) is 7.30. The van der Waals surface area contributed by atoms with Crippen molar-refractivity contribution in [2.75, 3.05) is 5.32 Å². The van der Waals surface area contributed by atoms with Crippen LogP contribution in [0.5, 0.6) is 5.75 Å². The van der Waals surface area contributed by atoms with E-state index in [-0.39, 0.29) is 0 Å². The third-order valence-electron chi connectivity index (χ3n) is 3.63. The van der Waals surface area contributed by atoms with Gasteiger partial charge in [-0.25, -0.2) is 0 Å². The first-order chi connectivity index (χ1) is 12.1. The summed E-state index contributed by atoms with van der Waals surface area (Å²) in [5.41, 5.74) is 3.09. The zero-order valence-electron chi connectivity index (χ0n) is 13.3. The molecule has 0 saturated heterocycles. The predicted molar refractivity (Wildman–Crippen MR) is 109 cm³/mol. The summed E-state index contributed by atoms with van der Waals surface area (Å²) in [4.78, 5) is 0. The number of benzene rings is 3. The third kappa shape index (κ3) is 5.40. The molecule has 0 saturated carbocycles. The van der Waals surface area contributed by atoms with E-state index in [0.717, 1.165) is 27.0 Å².